The lowest BCUT2D eigenvalue weighted by Crippen LogP contribution is -2.53. The summed E-state index contributed by atoms with van der Waals surface area (Å²) in [6.07, 6.45) is -0.100. The van der Waals surface area contributed by atoms with E-state index < -0.39 is 6.29 Å². The van der Waals surface area contributed by atoms with Gasteiger partial charge in [-0.05, 0) is 48.7 Å². The zero-order chi connectivity index (χ0) is 24.5. The number of aromatic nitrogens is 1. The van der Waals surface area contributed by atoms with Crippen molar-refractivity contribution >= 4 is 11.8 Å². The van der Waals surface area contributed by atoms with Gasteiger partial charge in [-0.1, -0.05) is 42.5 Å². The number of hydrogen-bond donors (Lipinski definition) is 4. The molecular weight excluding hydrogens is 430 g/mol. The fraction of sp³-hybridized carbons (Fsp3) is 0.308. The van der Waals surface area contributed by atoms with Gasteiger partial charge in [-0.2, -0.15) is 0 Å². The zero-order valence-electron chi connectivity index (χ0n) is 19.7. The van der Waals surface area contributed by atoms with Crippen LogP contribution in [0.15, 0.2) is 66.7 Å². The third kappa shape index (κ3) is 6.11. The third-order valence-corrected chi connectivity index (χ3v) is 5.62. The van der Waals surface area contributed by atoms with Gasteiger partial charge < -0.3 is 19.9 Å². The van der Waals surface area contributed by atoms with Crippen molar-refractivity contribution in [3.05, 3.63) is 72.3 Å². The predicted molar refractivity (Wildman–Crippen MR) is 134 cm³/mol. The topological polar surface area (TPSA) is 113 Å². The molecule has 0 bridgehead atoms. The predicted octanol–water partition coefficient (Wildman–Crippen LogP) is 2.24. The van der Waals surface area contributed by atoms with Crippen molar-refractivity contribution in [2.24, 2.45) is 5.73 Å². The van der Waals surface area contributed by atoms with E-state index in [0.29, 0.717) is 25.1 Å². The molecule has 0 fully saturated rings. The van der Waals surface area contributed by atoms with Gasteiger partial charge in [-0.15, -0.1) is 0 Å². The molecule has 0 radical (unpaired) electrons. The highest BCUT2D eigenvalue weighted by molar-refractivity contribution is 5.94. The number of aliphatic hydroxyl groups excluding tert-OH is 1. The highest BCUT2D eigenvalue weighted by Gasteiger charge is 2.20. The van der Waals surface area contributed by atoms with Crippen LogP contribution in [-0.4, -0.2) is 59.4 Å². The standard InChI is InChI=1S/C26H33N5O3/c1-3-28-25(34)21-12-10-20(11-13-21)23-15-14-22(19-8-5-4-6-9-19)31(23)18-24(33)30(2)26(27)29-16-7-17-32/h4-6,8-15,26,29,32H,3,7,16-18,27H2,1-2H3,(H,28,34). The smallest absolute Gasteiger partial charge is 0.251 e. The molecule has 3 rings (SSSR count). The van der Waals surface area contributed by atoms with E-state index in [2.05, 4.69) is 10.6 Å². The summed E-state index contributed by atoms with van der Waals surface area (Å²) in [5.74, 6) is -0.272. The van der Waals surface area contributed by atoms with Gasteiger partial charge in [0.1, 0.15) is 12.8 Å². The molecule has 0 aliphatic heterocycles. The summed E-state index contributed by atoms with van der Waals surface area (Å²) in [4.78, 5) is 26.7. The van der Waals surface area contributed by atoms with Crippen LogP contribution in [0.25, 0.3) is 22.5 Å². The first kappa shape index (κ1) is 25.2. The number of carbonyl (C=O) groups excluding carboxylic acids is 2. The molecule has 1 heterocycles. The van der Waals surface area contributed by atoms with Crippen LogP contribution >= 0.6 is 0 Å². The second-order valence-corrected chi connectivity index (χ2v) is 7.97. The second-order valence-electron chi connectivity index (χ2n) is 7.97. The van der Waals surface area contributed by atoms with Gasteiger partial charge in [-0.3, -0.25) is 20.6 Å². The van der Waals surface area contributed by atoms with Gasteiger partial charge in [0.15, 0.2) is 0 Å². The summed E-state index contributed by atoms with van der Waals surface area (Å²) in [6, 6.07) is 21.2. The van der Waals surface area contributed by atoms with E-state index >= 15 is 0 Å². The molecule has 0 aliphatic rings. The summed E-state index contributed by atoms with van der Waals surface area (Å²) in [7, 11) is 1.66. The normalized spacial score (nSPS) is 11.8. The average Bonchev–Trinajstić information content (AvgIpc) is 3.27. The van der Waals surface area contributed by atoms with Crippen LogP contribution < -0.4 is 16.4 Å². The fourth-order valence-electron chi connectivity index (χ4n) is 3.67. The van der Waals surface area contributed by atoms with Crippen LogP contribution in [0.2, 0.25) is 0 Å². The van der Waals surface area contributed by atoms with Crippen molar-refractivity contribution in [1.82, 2.24) is 20.1 Å². The van der Waals surface area contributed by atoms with Crippen LogP contribution in [0.1, 0.15) is 23.7 Å². The summed E-state index contributed by atoms with van der Waals surface area (Å²) in [5.41, 5.74) is 10.4. The maximum absolute atomic E-state index is 13.1. The van der Waals surface area contributed by atoms with E-state index in [9.17, 15) is 9.59 Å². The molecule has 1 aromatic heterocycles. The van der Waals surface area contributed by atoms with Gasteiger partial charge in [0.05, 0.1) is 0 Å². The molecule has 5 N–H and O–H groups in total. The number of amides is 2. The molecule has 1 unspecified atom stereocenters. The maximum Gasteiger partial charge on any atom is 0.251 e. The van der Waals surface area contributed by atoms with Crippen molar-refractivity contribution in [1.29, 1.82) is 0 Å². The lowest BCUT2D eigenvalue weighted by atomic mass is 10.1. The van der Waals surface area contributed by atoms with E-state index in [0.717, 1.165) is 22.5 Å². The summed E-state index contributed by atoms with van der Waals surface area (Å²) in [5, 5.41) is 14.8. The first-order valence-corrected chi connectivity index (χ1v) is 11.4. The molecule has 0 saturated carbocycles. The average molecular weight is 464 g/mol. The number of benzene rings is 2. The lowest BCUT2D eigenvalue weighted by Gasteiger charge is -2.26. The van der Waals surface area contributed by atoms with E-state index in [1.54, 1.807) is 19.2 Å². The Morgan fingerprint density at radius 3 is 2.21 bits per heavy atom. The van der Waals surface area contributed by atoms with Gasteiger partial charge in [0.2, 0.25) is 5.91 Å². The molecule has 3 aromatic rings. The Morgan fingerprint density at radius 1 is 1.00 bits per heavy atom. The number of carbonyl (C=O) groups is 2. The summed E-state index contributed by atoms with van der Waals surface area (Å²) >= 11 is 0. The first-order valence-electron chi connectivity index (χ1n) is 11.4. The molecule has 2 amide bonds. The molecule has 1 atom stereocenters. The zero-order valence-corrected chi connectivity index (χ0v) is 19.7. The van der Waals surface area contributed by atoms with Gasteiger partial charge in [0, 0.05) is 43.7 Å². The van der Waals surface area contributed by atoms with Crippen LogP contribution in [0.4, 0.5) is 0 Å². The van der Waals surface area contributed by atoms with Crippen LogP contribution in [-0.2, 0) is 11.3 Å². The highest BCUT2D eigenvalue weighted by atomic mass is 16.3. The Morgan fingerprint density at radius 2 is 1.62 bits per heavy atom. The minimum atomic E-state index is -0.658. The molecule has 8 heteroatoms. The van der Waals surface area contributed by atoms with Crippen molar-refractivity contribution in [3.8, 4) is 22.5 Å². The lowest BCUT2D eigenvalue weighted by molar-refractivity contribution is -0.133. The second kappa shape index (κ2) is 12.1. The number of rotatable bonds is 11. The molecule has 180 valence electrons. The number of likely N-dealkylation sites (N-methyl/N-ethyl adjacent to an activating group) is 1. The van der Waals surface area contributed by atoms with Crippen molar-refractivity contribution in [2.75, 3.05) is 26.7 Å². The number of aliphatic hydroxyl groups is 1. The summed E-state index contributed by atoms with van der Waals surface area (Å²) < 4.78 is 1.97. The molecule has 0 saturated heterocycles. The van der Waals surface area contributed by atoms with Crippen LogP contribution in [0.3, 0.4) is 0 Å². The van der Waals surface area contributed by atoms with Crippen molar-refractivity contribution < 1.29 is 14.7 Å². The molecule has 2 aromatic carbocycles. The minimum absolute atomic E-state index is 0.0590. The Kier molecular flexibility index (Phi) is 8.98. The third-order valence-electron chi connectivity index (χ3n) is 5.62. The molecule has 0 aliphatic carbocycles. The van der Waals surface area contributed by atoms with Crippen molar-refractivity contribution in [3.63, 3.8) is 0 Å². The first-order chi connectivity index (χ1) is 16.5. The largest absolute Gasteiger partial charge is 0.396 e. The van der Waals surface area contributed by atoms with E-state index in [1.807, 2.05) is 66.1 Å². The molecule has 34 heavy (non-hydrogen) atoms. The molecular formula is C26H33N5O3. The maximum atomic E-state index is 13.1. The van der Waals surface area contributed by atoms with E-state index in [4.69, 9.17) is 10.8 Å². The van der Waals surface area contributed by atoms with Crippen LogP contribution in [0.5, 0.6) is 0 Å². The summed E-state index contributed by atoms with van der Waals surface area (Å²) in [6.45, 7) is 3.11. The van der Waals surface area contributed by atoms with E-state index in [-0.39, 0.29) is 25.0 Å². The Balaban J connectivity index is 1.91. The number of nitrogens with one attached hydrogen (secondary N) is 2. The highest BCUT2D eigenvalue weighted by Crippen LogP contribution is 2.29. The number of nitrogens with two attached hydrogens (primary N) is 1. The van der Waals surface area contributed by atoms with Gasteiger partial charge >= 0.3 is 0 Å². The molecule has 0 spiro atoms. The quantitative estimate of drug-likeness (QED) is 0.257. The number of nitrogens with zero attached hydrogens (tertiary/aromatic N) is 2. The number of hydrogen-bond acceptors (Lipinski definition) is 5. The molecule has 8 nitrogen and oxygen atoms in total. The monoisotopic (exact) mass is 463 g/mol. The van der Waals surface area contributed by atoms with Gasteiger partial charge in [0.25, 0.3) is 5.91 Å². The Labute approximate surface area is 200 Å². The Bertz CT molecular complexity index is 1080. The van der Waals surface area contributed by atoms with Gasteiger partial charge in [-0.25, -0.2) is 0 Å². The van der Waals surface area contributed by atoms with E-state index in [1.165, 1.54) is 4.90 Å². The Hall–Kier alpha value is -3.46. The SMILES string of the molecule is CCNC(=O)c1ccc(-c2ccc(-c3ccccc3)n2CC(=O)N(C)C(N)NCCCO)cc1. The van der Waals surface area contributed by atoms with Crippen LogP contribution in [0, 0.1) is 0 Å². The fourth-order valence-corrected chi connectivity index (χ4v) is 3.67. The minimum Gasteiger partial charge on any atom is -0.396 e. The van der Waals surface area contributed by atoms with Crippen molar-refractivity contribution in [2.45, 2.75) is 26.2 Å².